The molecule has 8 nitrogen and oxygen atoms in total. The summed E-state index contributed by atoms with van der Waals surface area (Å²) < 4.78 is 21.2. The molecule has 1 saturated heterocycles. The van der Waals surface area contributed by atoms with Gasteiger partial charge in [-0.25, -0.2) is 13.9 Å². The van der Waals surface area contributed by atoms with Crippen LogP contribution in [-0.4, -0.2) is 45.8 Å². The van der Waals surface area contributed by atoms with Crippen molar-refractivity contribution in [3.8, 4) is 5.69 Å². The molecule has 4 rings (SSSR count). The van der Waals surface area contributed by atoms with Gasteiger partial charge in [0.15, 0.2) is 0 Å². The number of halogens is 3. The van der Waals surface area contributed by atoms with Crippen molar-refractivity contribution in [3.63, 3.8) is 0 Å². The number of nitrogens with zero attached hydrogens (tertiary/aromatic N) is 3. The molecule has 1 N–H and O–H groups in total. The fraction of sp³-hybridized carbons (Fsp3) is 0.280. The molecule has 0 spiro atoms. The van der Waals surface area contributed by atoms with Gasteiger partial charge in [0.25, 0.3) is 5.91 Å². The number of amides is 2. The number of rotatable bonds is 5. The zero-order chi connectivity index (χ0) is 26.2. The lowest BCUT2D eigenvalue weighted by molar-refractivity contribution is -0.118. The number of nitrogens with one attached hydrogen (secondary N) is 1. The van der Waals surface area contributed by atoms with Gasteiger partial charge in [-0.2, -0.15) is 5.10 Å². The van der Waals surface area contributed by atoms with E-state index >= 15 is 0 Å². The molecular formula is C25H23Br2FN4O4. The lowest BCUT2D eigenvalue weighted by Gasteiger charge is -2.21. The third kappa shape index (κ3) is 5.84. The van der Waals surface area contributed by atoms with Crippen molar-refractivity contribution < 1.29 is 23.5 Å². The van der Waals surface area contributed by atoms with Gasteiger partial charge < -0.3 is 15.0 Å². The Hall–Kier alpha value is -3.05. The van der Waals surface area contributed by atoms with E-state index in [2.05, 4.69) is 42.3 Å². The van der Waals surface area contributed by atoms with Crippen LogP contribution in [-0.2, 0) is 9.53 Å². The molecule has 36 heavy (non-hydrogen) atoms. The smallest absolute Gasteiger partial charge is 0.338 e. The average molecular weight is 622 g/mol. The summed E-state index contributed by atoms with van der Waals surface area (Å²) in [6, 6.07) is 11.3. The van der Waals surface area contributed by atoms with Gasteiger partial charge in [-0.3, -0.25) is 9.59 Å². The molecule has 1 aliphatic rings. The monoisotopic (exact) mass is 620 g/mol. The van der Waals surface area contributed by atoms with Crippen molar-refractivity contribution in [2.24, 2.45) is 0 Å². The molecule has 1 atom stereocenters. The average Bonchev–Trinajstić information content (AvgIpc) is 3.35. The Labute approximate surface area is 224 Å². The van der Waals surface area contributed by atoms with Gasteiger partial charge in [-0.1, -0.05) is 15.9 Å². The van der Waals surface area contributed by atoms with Crippen molar-refractivity contribution in [2.75, 3.05) is 11.4 Å². The summed E-state index contributed by atoms with van der Waals surface area (Å²) in [5.74, 6) is -1.71. The summed E-state index contributed by atoms with van der Waals surface area (Å²) >= 11 is 6.67. The molecule has 3 aromatic rings. The summed E-state index contributed by atoms with van der Waals surface area (Å²) in [7, 11) is 0. The maximum absolute atomic E-state index is 13.3. The minimum absolute atomic E-state index is 0.189. The molecule has 1 aliphatic heterocycles. The Kier molecular flexibility index (Phi) is 7.33. The van der Waals surface area contributed by atoms with E-state index in [1.807, 2.05) is 0 Å². The highest BCUT2D eigenvalue weighted by atomic mass is 79.9. The van der Waals surface area contributed by atoms with Crippen LogP contribution in [0.15, 0.2) is 57.6 Å². The van der Waals surface area contributed by atoms with Gasteiger partial charge in [0.1, 0.15) is 27.8 Å². The summed E-state index contributed by atoms with van der Waals surface area (Å²) in [6.07, 6.45) is 0.380. The van der Waals surface area contributed by atoms with E-state index in [0.29, 0.717) is 39.0 Å². The van der Waals surface area contributed by atoms with Crippen LogP contribution in [0.2, 0.25) is 0 Å². The number of hydrogen-bond donors (Lipinski definition) is 1. The molecule has 0 bridgehead atoms. The number of esters is 1. The van der Waals surface area contributed by atoms with Crippen LogP contribution in [0.3, 0.4) is 0 Å². The normalized spacial score (nSPS) is 15.8. The van der Waals surface area contributed by atoms with Gasteiger partial charge in [0.05, 0.1) is 11.3 Å². The summed E-state index contributed by atoms with van der Waals surface area (Å²) in [5, 5.41) is 7.03. The first kappa shape index (κ1) is 26.0. The van der Waals surface area contributed by atoms with Crippen molar-refractivity contribution in [3.05, 3.63) is 74.7 Å². The Morgan fingerprint density at radius 2 is 1.78 bits per heavy atom. The second-order valence-electron chi connectivity index (χ2n) is 9.25. The maximum Gasteiger partial charge on any atom is 0.338 e. The van der Waals surface area contributed by atoms with Crippen LogP contribution < -0.4 is 10.2 Å². The number of carbonyl (C=O) groups is 3. The van der Waals surface area contributed by atoms with E-state index in [1.165, 1.54) is 39.9 Å². The third-order valence-corrected chi connectivity index (χ3v) is 6.17. The molecule has 2 aromatic carbocycles. The van der Waals surface area contributed by atoms with Crippen LogP contribution in [0.4, 0.5) is 10.1 Å². The molecule has 11 heteroatoms. The Bertz CT molecular complexity index is 1330. The quantitative estimate of drug-likeness (QED) is 0.404. The molecule has 2 heterocycles. The minimum Gasteiger partial charge on any atom is -0.456 e. The number of benzene rings is 2. The topological polar surface area (TPSA) is 93.5 Å². The molecule has 0 saturated carbocycles. The van der Waals surface area contributed by atoms with Crippen LogP contribution in [0.25, 0.3) is 5.69 Å². The molecule has 1 aromatic heterocycles. The number of anilines is 1. The second-order valence-corrected chi connectivity index (χ2v) is 11.0. The lowest BCUT2D eigenvalue weighted by Crippen LogP contribution is -2.42. The van der Waals surface area contributed by atoms with Gasteiger partial charge >= 0.3 is 5.97 Å². The van der Waals surface area contributed by atoms with Crippen molar-refractivity contribution in [1.82, 2.24) is 15.1 Å². The molecular weight excluding hydrogens is 599 g/mol. The van der Waals surface area contributed by atoms with Crippen LogP contribution in [0.5, 0.6) is 0 Å². The van der Waals surface area contributed by atoms with E-state index in [0.717, 1.165) is 0 Å². The van der Waals surface area contributed by atoms with Gasteiger partial charge in [0, 0.05) is 22.8 Å². The zero-order valence-electron chi connectivity index (χ0n) is 19.7. The largest absolute Gasteiger partial charge is 0.456 e. The Morgan fingerprint density at radius 1 is 1.08 bits per heavy atom. The third-order valence-electron chi connectivity index (χ3n) is 5.32. The summed E-state index contributed by atoms with van der Waals surface area (Å²) in [4.78, 5) is 40.4. The van der Waals surface area contributed by atoms with Crippen LogP contribution in [0, 0.1) is 5.82 Å². The number of aromatic nitrogens is 2. The van der Waals surface area contributed by atoms with E-state index in [4.69, 9.17) is 4.74 Å². The highest BCUT2D eigenvalue weighted by Crippen LogP contribution is 2.28. The number of carbonyl (C=O) groups excluding carboxylic acids is 3. The molecule has 1 fully saturated rings. The molecule has 2 amide bonds. The highest BCUT2D eigenvalue weighted by molar-refractivity contribution is 9.10. The maximum atomic E-state index is 13.3. The predicted octanol–water partition coefficient (Wildman–Crippen LogP) is 5.03. The zero-order valence-corrected chi connectivity index (χ0v) is 22.9. The van der Waals surface area contributed by atoms with E-state index < -0.39 is 29.3 Å². The number of hydrogen-bond acceptors (Lipinski definition) is 5. The lowest BCUT2D eigenvalue weighted by atomic mass is 10.1. The second kappa shape index (κ2) is 10.1. The van der Waals surface area contributed by atoms with Gasteiger partial charge in [0.2, 0.25) is 5.91 Å². The standard InChI is InChI=1S/C25H23Br2FN4O4/c1-25(2,3)36-24(35)14-10-15(26)12-18(11-14)31-9-8-19(23(31)34)29-22(33)20-13-21(27)30-32(20)17-6-4-16(28)5-7-17/h4-7,10-13,19H,8-9H2,1-3H3,(H,29,33). The van der Waals surface area contributed by atoms with Crippen molar-refractivity contribution in [2.45, 2.75) is 38.8 Å². The van der Waals surface area contributed by atoms with E-state index in [1.54, 1.807) is 39.0 Å². The SMILES string of the molecule is CC(C)(C)OC(=O)c1cc(Br)cc(N2CCC(NC(=O)c3cc(Br)nn3-c3ccc(F)cc3)C2=O)c1. The fourth-order valence-electron chi connectivity index (χ4n) is 3.78. The molecule has 0 aliphatic carbocycles. The molecule has 0 radical (unpaired) electrons. The van der Waals surface area contributed by atoms with Crippen molar-refractivity contribution >= 4 is 55.3 Å². The Morgan fingerprint density at radius 3 is 2.44 bits per heavy atom. The summed E-state index contributed by atoms with van der Waals surface area (Å²) in [5.41, 5.74) is 0.854. The highest BCUT2D eigenvalue weighted by Gasteiger charge is 2.35. The van der Waals surface area contributed by atoms with E-state index in [-0.39, 0.29) is 11.6 Å². The van der Waals surface area contributed by atoms with Gasteiger partial charge in [-0.15, -0.1) is 0 Å². The Balaban J connectivity index is 1.52. The van der Waals surface area contributed by atoms with Gasteiger partial charge in [-0.05, 0) is 85.6 Å². The predicted molar refractivity (Wildman–Crippen MR) is 139 cm³/mol. The first-order valence-electron chi connectivity index (χ1n) is 11.1. The fourth-order valence-corrected chi connectivity index (χ4v) is 4.64. The number of ether oxygens (including phenoxy) is 1. The summed E-state index contributed by atoms with van der Waals surface area (Å²) in [6.45, 7) is 5.69. The molecule has 188 valence electrons. The van der Waals surface area contributed by atoms with E-state index in [9.17, 15) is 18.8 Å². The first-order valence-corrected chi connectivity index (χ1v) is 12.7. The van der Waals surface area contributed by atoms with Crippen molar-refractivity contribution in [1.29, 1.82) is 0 Å². The minimum atomic E-state index is -0.767. The first-order chi connectivity index (χ1) is 16.9. The van der Waals surface area contributed by atoms with Crippen LogP contribution in [0.1, 0.15) is 48.0 Å². The van der Waals surface area contributed by atoms with Crippen LogP contribution >= 0.6 is 31.9 Å². The molecule has 1 unspecified atom stereocenters.